The molecule has 0 saturated heterocycles. The highest BCUT2D eigenvalue weighted by atomic mass is 35.5. The van der Waals surface area contributed by atoms with Crippen LogP contribution < -0.4 is 16.0 Å². The first-order valence-corrected chi connectivity index (χ1v) is 9.13. The van der Waals surface area contributed by atoms with Crippen molar-refractivity contribution in [1.29, 1.82) is 0 Å². The average molecular weight is 406 g/mol. The highest BCUT2D eigenvalue weighted by Gasteiger charge is 2.31. The van der Waals surface area contributed by atoms with Gasteiger partial charge in [-0.15, -0.1) is 0 Å². The largest absolute Gasteiger partial charge is 0.351 e. The van der Waals surface area contributed by atoms with Crippen LogP contribution in [-0.2, 0) is 4.79 Å². The van der Waals surface area contributed by atoms with Crippen LogP contribution in [-0.4, -0.2) is 11.0 Å². The molecule has 0 radical (unpaired) electrons. The zero-order valence-corrected chi connectivity index (χ0v) is 16.5. The Hall–Kier alpha value is -2.08. The summed E-state index contributed by atoms with van der Waals surface area (Å²) in [6, 6.07) is 12.3. The summed E-state index contributed by atoms with van der Waals surface area (Å²) in [4.78, 5) is 13.0. The number of carbonyl (C=O) groups is 1. The molecule has 7 heteroatoms. The number of anilines is 1. The number of amides is 1. The topological polar surface area (TPSA) is 53.2 Å². The van der Waals surface area contributed by atoms with Gasteiger partial charge in [0.15, 0.2) is 5.11 Å². The quantitative estimate of drug-likeness (QED) is 0.645. The molecule has 1 aliphatic heterocycles. The molecule has 0 saturated carbocycles. The maximum atomic E-state index is 13.0. The number of allylic oxidation sites excluding steroid dienone is 1. The van der Waals surface area contributed by atoms with Crippen molar-refractivity contribution in [2.24, 2.45) is 0 Å². The third-order valence-corrected chi connectivity index (χ3v) is 4.85. The van der Waals surface area contributed by atoms with E-state index in [1.54, 1.807) is 18.2 Å². The van der Waals surface area contributed by atoms with Crippen molar-refractivity contribution in [3.63, 3.8) is 0 Å². The summed E-state index contributed by atoms with van der Waals surface area (Å²) in [6.07, 6.45) is 0. The molecule has 1 unspecified atom stereocenters. The molecule has 26 heavy (non-hydrogen) atoms. The molecule has 0 spiro atoms. The molecule has 1 amide bonds. The van der Waals surface area contributed by atoms with Crippen molar-refractivity contribution in [3.8, 4) is 0 Å². The fourth-order valence-electron chi connectivity index (χ4n) is 2.88. The number of nitrogens with one attached hydrogen (secondary N) is 3. The SMILES string of the molecule is CC1=C(C(=O)Nc2cccc(C)c2)C(c2ccc(Cl)cc2Cl)NC(=S)N1. The first-order valence-electron chi connectivity index (χ1n) is 7.96. The van der Waals surface area contributed by atoms with Gasteiger partial charge in [-0.05, 0) is 61.5 Å². The van der Waals surface area contributed by atoms with E-state index in [9.17, 15) is 4.79 Å². The molecule has 1 heterocycles. The molecule has 2 aromatic carbocycles. The Morgan fingerprint density at radius 2 is 1.92 bits per heavy atom. The Morgan fingerprint density at radius 3 is 2.62 bits per heavy atom. The number of benzene rings is 2. The van der Waals surface area contributed by atoms with Crippen LogP contribution >= 0.6 is 35.4 Å². The van der Waals surface area contributed by atoms with Gasteiger partial charge in [-0.2, -0.15) is 0 Å². The van der Waals surface area contributed by atoms with E-state index in [2.05, 4.69) is 16.0 Å². The number of rotatable bonds is 3. The lowest BCUT2D eigenvalue weighted by Gasteiger charge is -2.31. The summed E-state index contributed by atoms with van der Waals surface area (Å²) in [6.45, 7) is 3.79. The zero-order valence-electron chi connectivity index (χ0n) is 14.2. The van der Waals surface area contributed by atoms with Crippen molar-refractivity contribution in [1.82, 2.24) is 10.6 Å². The van der Waals surface area contributed by atoms with Gasteiger partial charge in [0.25, 0.3) is 5.91 Å². The Labute approximate surface area is 167 Å². The van der Waals surface area contributed by atoms with E-state index >= 15 is 0 Å². The van der Waals surface area contributed by atoms with E-state index in [-0.39, 0.29) is 5.91 Å². The lowest BCUT2D eigenvalue weighted by atomic mass is 9.95. The molecule has 0 fully saturated rings. The number of halogens is 2. The molecule has 0 aliphatic carbocycles. The van der Waals surface area contributed by atoms with Crippen molar-refractivity contribution >= 4 is 52.1 Å². The van der Waals surface area contributed by atoms with Gasteiger partial charge in [-0.1, -0.05) is 41.4 Å². The highest BCUT2D eigenvalue weighted by molar-refractivity contribution is 7.80. The molecular formula is C19H17Cl2N3OS. The average Bonchev–Trinajstić information content (AvgIpc) is 2.53. The summed E-state index contributed by atoms with van der Waals surface area (Å²) in [5.41, 5.74) is 3.71. The number of aryl methyl sites for hydroxylation is 1. The minimum atomic E-state index is -0.474. The second kappa shape index (κ2) is 7.66. The molecule has 3 rings (SSSR count). The molecule has 4 nitrogen and oxygen atoms in total. The third-order valence-electron chi connectivity index (χ3n) is 4.06. The summed E-state index contributed by atoms with van der Waals surface area (Å²) < 4.78 is 0. The predicted octanol–water partition coefficient (Wildman–Crippen LogP) is 4.73. The van der Waals surface area contributed by atoms with Crippen molar-refractivity contribution in [2.75, 3.05) is 5.32 Å². The molecule has 0 bridgehead atoms. The smallest absolute Gasteiger partial charge is 0.255 e. The molecule has 3 N–H and O–H groups in total. The Bertz CT molecular complexity index is 927. The van der Waals surface area contributed by atoms with Crippen molar-refractivity contribution < 1.29 is 4.79 Å². The Kier molecular flexibility index (Phi) is 5.51. The first kappa shape index (κ1) is 18.7. The van der Waals surface area contributed by atoms with Crippen LogP contribution in [0.2, 0.25) is 10.0 Å². The normalized spacial score (nSPS) is 16.8. The minimum absolute atomic E-state index is 0.230. The lowest BCUT2D eigenvalue weighted by Crippen LogP contribution is -2.45. The van der Waals surface area contributed by atoms with Crippen molar-refractivity contribution in [3.05, 3.63) is 74.9 Å². The lowest BCUT2D eigenvalue weighted by molar-refractivity contribution is -0.113. The second-order valence-corrected chi connectivity index (χ2v) is 7.31. The zero-order chi connectivity index (χ0) is 18.8. The van der Waals surface area contributed by atoms with E-state index in [4.69, 9.17) is 35.4 Å². The maximum absolute atomic E-state index is 13.0. The van der Waals surface area contributed by atoms with Gasteiger partial charge < -0.3 is 16.0 Å². The summed E-state index contributed by atoms with van der Waals surface area (Å²) in [5, 5.41) is 10.5. The molecular weight excluding hydrogens is 389 g/mol. The molecule has 0 aromatic heterocycles. The van der Waals surface area contributed by atoms with Crippen LogP contribution in [0.15, 0.2) is 53.7 Å². The summed E-state index contributed by atoms with van der Waals surface area (Å²) in [5.74, 6) is -0.230. The number of hydrogen-bond donors (Lipinski definition) is 3. The van der Waals surface area contributed by atoms with Crippen molar-refractivity contribution in [2.45, 2.75) is 19.9 Å². The predicted molar refractivity (Wildman–Crippen MR) is 111 cm³/mol. The van der Waals surface area contributed by atoms with Crippen LogP contribution in [0, 0.1) is 6.92 Å². The van der Waals surface area contributed by atoms with Gasteiger partial charge in [0, 0.05) is 21.4 Å². The van der Waals surface area contributed by atoms with Crippen LogP contribution in [0.5, 0.6) is 0 Å². The summed E-state index contributed by atoms with van der Waals surface area (Å²) >= 11 is 17.6. The monoisotopic (exact) mass is 405 g/mol. The van der Waals surface area contributed by atoms with E-state index in [1.807, 2.05) is 38.1 Å². The summed E-state index contributed by atoms with van der Waals surface area (Å²) in [7, 11) is 0. The third kappa shape index (κ3) is 4.01. The highest BCUT2D eigenvalue weighted by Crippen LogP contribution is 2.33. The van der Waals surface area contributed by atoms with Gasteiger partial charge in [0.2, 0.25) is 0 Å². The van der Waals surface area contributed by atoms with Gasteiger partial charge in [0.05, 0.1) is 11.6 Å². The molecule has 2 aromatic rings. The standard InChI is InChI=1S/C19H17Cl2N3OS/c1-10-4-3-5-13(8-10)23-18(25)16-11(2)22-19(26)24-17(16)14-7-6-12(20)9-15(14)21/h3-9,17H,1-2H3,(H,23,25)(H2,22,24,26). The Balaban J connectivity index is 1.98. The van der Waals surface area contributed by atoms with E-state index in [1.165, 1.54) is 0 Å². The van der Waals surface area contributed by atoms with Crippen LogP contribution in [0.25, 0.3) is 0 Å². The van der Waals surface area contributed by atoms with Crippen LogP contribution in [0.4, 0.5) is 5.69 Å². The van der Waals surface area contributed by atoms with Crippen LogP contribution in [0.3, 0.4) is 0 Å². The van der Waals surface area contributed by atoms with Gasteiger partial charge in [-0.25, -0.2) is 0 Å². The minimum Gasteiger partial charge on any atom is -0.351 e. The number of hydrogen-bond acceptors (Lipinski definition) is 2. The van der Waals surface area contributed by atoms with E-state index in [0.717, 1.165) is 16.8 Å². The van der Waals surface area contributed by atoms with Gasteiger partial charge in [-0.3, -0.25) is 4.79 Å². The second-order valence-electron chi connectivity index (χ2n) is 6.06. The molecule has 134 valence electrons. The fraction of sp³-hybridized carbons (Fsp3) is 0.158. The Morgan fingerprint density at radius 1 is 1.15 bits per heavy atom. The van der Waals surface area contributed by atoms with E-state index in [0.29, 0.717) is 26.4 Å². The molecule has 1 aliphatic rings. The van der Waals surface area contributed by atoms with Crippen LogP contribution in [0.1, 0.15) is 24.1 Å². The van der Waals surface area contributed by atoms with Gasteiger partial charge in [0.1, 0.15) is 0 Å². The van der Waals surface area contributed by atoms with E-state index < -0.39 is 6.04 Å². The number of thiocarbonyl (C=S) groups is 1. The fourth-order valence-corrected chi connectivity index (χ4v) is 3.67. The maximum Gasteiger partial charge on any atom is 0.255 e. The van der Waals surface area contributed by atoms with Gasteiger partial charge >= 0.3 is 0 Å². The number of carbonyl (C=O) groups excluding carboxylic acids is 1. The first-order chi connectivity index (χ1) is 12.3. The molecule has 1 atom stereocenters.